The van der Waals surface area contributed by atoms with Crippen LogP contribution >= 0.6 is 24.0 Å². The van der Waals surface area contributed by atoms with Crippen LogP contribution in [0.2, 0.25) is 0 Å². The second kappa shape index (κ2) is 12.1. The lowest BCUT2D eigenvalue weighted by atomic mass is 10.0. The predicted octanol–water partition coefficient (Wildman–Crippen LogP) is 3.52. The Bertz CT molecular complexity index is 525. The van der Waals surface area contributed by atoms with E-state index in [0.717, 1.165) is 17.9 Å². The Morgan fingerprint density at radius 3 is 2.12 bits per heavy atom. The maximum atomic E-state index is 9.95. The number of guanidine groups is 1. The normalized spacial score (nSPS) is 12.4. The summed E-state index contributed by atoms with van der Waals surface area (Å²) < 4.78 is 10.4. The topological polar surface area (TPSA) is 75.1 Å². The van der Waals surface area contributed by atoms with E-state index in [4.69, 9.17) is 9.47 Å². The highest BCUT2D eigenvalue weighted by atomic mass is 127. The third-order valence-electron chi connectivity index (χ3n) is 3.78. The molecule has 1 unspecified atom stereocenters. The van der Waals surface area contributed by atoms with Crippen molar-refractivity contribution in [3.05, 3.63) is 17.7 Å². The van der Waals surface area contributed by atoms with Gasteiger partial charge in [-0.1, -0.05) is 13.8 Å². The number of hydrogen-bond donors (Lipinski definition) is 3. The molecule has 1 atom stereocenters. The van der Waals surface area contributed by atoms with Crippen molar-refractivity contribution in [1.82, 2.24) is 10.6 Å². The number of nitrogens with zero attached hydrogens (tertiary/aromatic N) is 1. The van der Waals surface area contributed by atoms with Crippen molar-refractivity contribution in [2.75, 3.05) is 21.3 Å². The number of aliphatic imine (C=N–C) groups is 1. The van der Waals surface area contributed by atoms with Gasteiger partial charge in [-0.05, 0) is 43.4 Å². The first-order valence-electron chi connectivity index (χ1n) is 8.32. The largest absolute Gasteiger partial charge is 0.502 e. The van der Waals surface area contributed by atoms with E-state index in [1.807, 2.05) is 0 Å². The van der Waals surface area contributed by atoms with Gasteiger partial charge in [0.2, 0.25) is 5.75 Å². The molecule has 0 aliphatic heterocycles. The Labute approximate surface area is 168 Å². The molecule has 7 heteroatoms. The molecule has 1 aromatic rings. The highest BCUT2D eigenvalue weighted by Crippen LogP contribution is 2.36. The number of hydrogen-bond acceptors (Lipinski definition) is 4. The third kappa shape index (κ3) is 8.02. The van der Waals surface area contributed by atoms with Gasteiger partial charge in [0.15, 0.2) is 17.5 Å². The van der Waals surface area contributed by atoms with E-state index in [2.05, 4.69) is 36.4 Å². The third-order valence-corrected chi connectivity index (χ3v) is 3.78. The van der Waals surface area contributed by atoms with Crippen molar-refractivity contribution in [3.8, 4) is 17.2 Å². The van der Waals surface area contributed by atoms with Crippen LogP contribution in [0, 0.1) is 5.92 Å². The van der Waals surface area contributed by atoms with Crippen molar-refractivity contribution in [2.45, 2.75) is 46.2 Å². The van der Waals surface area contributed by atoms with Gasteiger partial charge < -0.3 is 25.2 Å². The summed E-state index contributed by atoms with van der Waals surface area (Å²) in [5.41, 5.74) is 0.930. The number of ether oxygens (including phenoxy) is 2. The molecule has 25 heavy (non-hydrogen) atoms. The quantitative estimate of drug-likeness (QED) is 0.311. The summed E-state index contributed by atoms with van der Waals surface area (Å²) >= 11 is 0. The van der Waals surface area contributed by atoms with Crippen LogP contribution in [-0.2, 0) is 6.54 Å². The van der Waals surface area contributed by atoms with Crippen LogP contribution in [0.5, 0.6) is 17.2 Å². The predicted molar refractivity (Wildman–Crippen MR) is 113 cm³/mol. The smallest absolute Gasteiger partial charge is 0.200 e. The highest BCUT2D eigenvalue weighted by Gasteiger charge is 2.12. The summed E-state index contributed by atoms with van der Waals surface area (Å²) in [5.74, 6) is 2.23. The first-order valence-corrected chi connectivity index (χ1v) is 8.32. The van der Waals surface area contributed by atoms with Gasteiger partial charge in [0.1, 0.15) is 0 Å². The van der Waals surface area contributed by atoms with Crippen LogP contribution in [0.3, 0.4) is 0 Å². The molecule has 0 aliphatic carbocycles. The van der Waals surface area contributed by atoms with Gasteiger partial charge >= 0.3 is 0 Å². The van der Waals surface area contributed by atoms with Gasteiger partial charge in [-0.2, -0.15) is 0 Å². The summed E-state index contributed by atoms with van der Waals surface area (Å²) in [7, 11) is 4.79. The number of aromatic hydroxyl groups is 1. The first-order chi connectivity index (χ1) is 11.4. The molecule has 6 nitrogen and oxygen atoms in total. The van der Waals surface area contributed by atoms with Gasteiger partial charge in [0, 0.05) is 19.6 Å². The van der Waals surface area contributed by atoms with Crippen LogP contribution in [-0.4, -0.2) is 38.4 Å². The average Bonchev–Trinajstić information content (AvgIpc) is 2.57. The van der Waals surface area contributed by atoms with Crippen LogP contribution in [0.4, 0.5) is 0 Å². The lowest BCUT2D eigenvalue weighted by Crippen LogP contribution is -2.41. The molecule has 0 saturated heterocycles. The summed E-state index contributed by atoms with van der Waals surface area (Å²) in [6.07, 6.45) is 2.27. The molecule has 0 aromatic heterocycles. The Hall–Kier alpha value is -1.38. The molecule has 0 heterocycles. The minimum Gasteiger partial charge on any atom is -0.502 e. The van der Waals surface area contributed by atoms with Gasteiger partial charge in [-0.15, -0.1) is 24.0 Å². The SMILES string of the molecule is CN=C(NCc1cc(OC)c(O)c(OC)c1)NC(C)CCC(C)C.I. The maximum absolute atomic E-state index is 9.95. The second-order valence-electron chi connectivity index (χ2n) is 6.29. The van der Waals surface area contributed by atoms with E-state index >= 15 is 0 Å². The zero-order valence-corrected chi connectivity index (χ0v) is 18.4. The molecule has 0 amide bonds. The van der Waals surface area contributed by atoms with E-state index in [1.54, 1.807) is 19.2 Å². The molecule has 0 fully saturated rings. The summed E-state index contributed by atoms with van der Waals surface area (Å²) in [6.45, 7) is 7.15. The van der Waals surface area contributed by atoms with Crippen molar-refractivity contribution in [1.29, 1.82) is 0 Å². The fraction of sp³-hybridized carbons (Fsp3) is 0.611. The Balaban J connectivity index is 0.00000576. The zero-order chi connectivity index (χ0) is 18.1. The fourth-order valence-electron chi connectivity index (χ4n) is 2.32. The molecule has 1 rings (SSSR count). The molecule has 144 valence electrons. The van der Waals surface area contributed by atoms with Gasteiger partial charge in [-0.3, -0.25) is 4.99 Å². The van der Waals surface area contributed by atoms with Crippen LogP contribution in [0.25, 0.3) is 0 Å². The standard InChI is InChI=1S/C18H31N3O3.HI/c1-12(2)7-8-13(3)21-18(19-4)20-11-14-9-15(23-5)17(22)16(10-14)24-6;/h9-10,12-13,22H,7-8,11H2,1-6H3,(H2,19,20,21);1H. The van der Waals surface area contributed by atoms with Crippen LogP contribution < -0.4 is 20.1 Å². The molecule has 3 N–H and O–H groups in total. The van der Waals surface area contributed by atoms with Gasteiger partial charge in [0.25, 0.3) is 0 Å². The molecule has 0 aliphatic rings. The minimum absolute atomic E-state index is 0. The summed E-state index contributed by atoms with van der Waals surface area (Å²) in [4.78, 5) is 4.26. The molecule has 0 radical (unpaired) electrons. The summed E-state index contributed by atoms with van der Waals surface area (Å²) in [6, 6.07) is 3.91. The number of rotatable bonds is 8. The van der Waals surface area contributed by atoms with Gasteiger partial charge in [0.05, 0.1) is 14.2 Å². The first kappa shape index (κ1) is 23.6. The second-order valence-corrected chi connectivity index (χ2v) is 6.29. The van der Waals surface area contributed by atoms with E-state index in [0.29, 0.717) is 30.0 Å². The van der Waals surface area contributed by atoms with E-state index < -0.39 is 0 Å². The zero-order valence-electron chi connectivity index (χ0n) is 16.0. The molecule has 0 saturated carbocycles. The van der Waals surface area contributed by atoms with Crippen LogP contribution in [0.15, 0.2) is 17.1 Å². The maximum Gasteiger partial charge on any atom is 0.200 e. The molecular weight excluding hydrogens is 433 g/mol. The van der Waals surface area contributed by atoms with E-state index in [1.165, 1.54) is 20.6 Å². The van der Waals surface area contributed by atoms with Crippen molar-refractivity contribution >= 4 is 29.9 Å². The Kier molecular flexibility index (Phi) is 11.4. The Morgan fingerprint density at radius 2 is 1.68 bits per heavy atom. The number of methoxy groups -OCH3 is 2. The Morgan fingerprint density at radius 1 is 1.12 bits per heavy atom. The van der Waals surface area contributed by atoms with Crippen molar-refractivity contribution in [2.24, 2.45) is 10.9 Å². The van der Waals surface area contributed by atoms with E-state index in [-0.39, 0.29) is 29.7 Å². The van der Waals surface area contributed by atoms with Crippen LogP contribution in [0.1, 0.15) is 39.2 Å². The summed E-state index contributed by atoms with van der Waals surface area (Å²) in [5, 5.41) is 16.6. The molecule has 0 spiro atoms. The highest BCUT2D eigenvalue weighted by molar-refractivity contribution is 14.0. The number of benzene rings is 1. The molecule has 1 aromatic carbocycles. The monoisotopic (exact) mass is 465 g/mol. The van der Waals surface area contributed by atoms with Crippen molar-refractivity contribution in [3.63, 3.8) is 0 Å². The minimum atomic E-state index is 0. The lowest BCUT2D eigenvalue weighted by Gasteiger charge is -2.19. The lowest BCUT2D eigenvalue weighted by molar-refractivity contribution is 0.339. The molecule has 0 bridgehead atoms. The number of phenols is 1. The number of halogens is 1. The number of phenolic OH excluding ortho intramolecular Hbond substituents is 1. The molecular formula is C18H32IN3O3. The fourth-order valence-corrected chi connectivity index (χ4v) is 2.32. The van der Waals surface area contributed by atoms with E-state index in [9.17, 15) is 5.11 Å². The van der Waals surface area contributed by atoms with Crippen molar-refractivity contribution < 1.29 is 14.6 Å². The number of nitrogens with one attached hydrogen (secondary N) is 2. The average molecular weight is 465 g/mol. The van der Waals surface area contributed by atoms with Gasteiger partial charge in [-0.25, -0.2) is 0 Å².